The van der Waals surface area contributed by atoms with Gasteiger partial charge in [0.25, 0.3) is 0 Å². The van der Waals surface area contributed by atoms with Crippen molar-refractivity contribution in [1.29, 1.82) is 0 Å². The van der Waals surface area contributed by atoms with Gasteiger partial charge in [0.05, 0.1) is 12.7 Å². The van der Waals surface area contributed by atoms with Crippen LogP contribution in [-0.2, 0) is 17.6 Å². The number of aryl methyl sites for hydroxylation is 2. The van der Waals surface area contributed by atoms with E-state index in [1.807, 2.05) is 44.2 Å². The van der Waals surface area contributed by atoms with Crippen molar-refractivity contribution in [3.05, 3.63) is 64.9 Å². The average Bonchev–Trinajstić information content (AvgIpc) is 2.96. The lowest BCUT2D eigenvalue weighted by Gasteiger charge is -2.06. The van der Waals surface area contributed by atoms with E-state index in [0.717, 1.165) is 33.3 Å². The zero-order chi connectivity index (χ0) is 17.1. The molecule has 1 amide bonds. The molecule has 0 unspecified atom stereocenters. The van der Waals surface area contributed by atoms with E-state index in [9.17, 15) is 4.79 Å². The molecule has 2 N–H and O–H groups in total. The fourth-order valence-corrected chi connectivity index (χ4v) is 2.79. The fraction of sp³-hybridized carbons (Fsp3) is 0.250. The Hall–Kier alpha value is -2.59. The Kier molecular flexibility index (Phi) is 4.67. The summed E-state index contributed by atoms with van der Waals surface area (Å²) in [6.07, 6.45) is 2.56. The van der Waals surface area contributed by atoms with Crippen molar-refractivity contribution < 1.29 is 14.3 Å². The Labute approximate surface area is 141 Å². The second kappa shape index (κ2) is 6.89. The molecule has 3 rings (SSSR count). The Morgan fingerprint density at radius 1 is 1.12 bits per heavy atom. The molecule has 1 heterocycles. The van der Waals surface area contributed by atoms with Crippen molar-refractivity contribution in [3.8, 4) is 0 Å². The standard InChI is InChI=1S/C20H21NO3/c1-13-3-8-18-16(12-24-20(18)14(13)2)11-19(23)21-17-6-4-15(5-7-17)9-10-22/h3-8,12,22H,9-11H2,1-2H3,(H,21,23). The molecule has 0 fully saturated rings. The van der Waals surface area contributed by atoms with Gasteiger partial charge in [-0.15, -0.1) is 0 Å². The van der Waals surface area contributed by atoms with Crippen LogP contribution in [0.1, 0.15) is 22.3 Å². The van der Waals surface area contributed by atoms with Gasteiger partial charge in [-0.05, 0) is 49.1 Å². The lowest BCUT2D eigenvalue weighted by Crippen LogP contribution is -2.14. The third-order valence-electron chi connectivity index (χ3n) is 4.33. The monoisotopic (exact) mass is 323 g/mol. The summed E-state index contributed by atoms with van der Waals surface area (Å²) in [5.41, 5.74) is 5.83. The summed E-state index contributed by atoms with van der Waals surface area (Å²) < 4.78 is 5.65. The molecular formula is C20H21NO3. The minimum atomic E-state index is -0.0779. The van der Waals surface area contributed by atoms with Gasteiger partial charge in [-0.1, -0.05) is 24.3 Å². The van der Waals surface area contributed by atoms with Gasteiger partial charge in [0, 0.05) is 23.2 Å². The van der Waals surface area contributed by atoms with Gasteiger partial charge in [-0.25, -0.2) is 0 Å². The lowest BCUT2D eigenvalue weighted by atomic mass is 10.0. The number of furan rings is 1. The topological polar surface area (TPSA) is 62.5 Å². The summed E-state index contributed by atoms with van der Waals surface area (Å²) >= 11 is 0. The van der Waals surface area contributed by atoms with E-state index in [1.165, 1.54) is 5.56 Å². The third kappa shape index (κ3) is 3.34. The number of fused-ring (bicyclic) bond motifs is 1. The van der Waals surface area contributed by atoms with Crippen LogP contribution in [0.2, 0.25) is 0 Å². The Morgan fingerprint density at radius 3 is 2.58 bits per heavy atom. The Bertz CT molecular complexity index is 862. The summed E-state index contributed by atoms with van der Waals surface area (Å²) in [4.78, 5) is 12.3. The number of carbonyl (C=O) groups is 1. The lowest BCUT2D eigenvalue weighted by molar-refractivity contribution is -0.115. The highest BCUT2D eigenvalue weighted by atomic mass is 16.3. The molecule has 0 saturated heterocycles. The number of nitrogens with one attached hydrogen (secondary N) is 1. The fourth-order valence-electron chi connectivity index (χ4n) is 2.79. The molecule has 4 nitrogen and oxygen atoms in total. The summed E-state index contributed by atoms with van der Waals surface area (Å²) in [5.74, 6) is -0.0779. The van der Waals surface area contributed by atoms with Crippen molar-refractivity contribution in [2.45, 2.75) is 26.7 Å². The number of hydrogen-bond acceptors (Lipinski definition) is 3. The Balaban J connectivity index is 1.72. The predicted octanol–water partition coefficient (Wildman–Crippen LogP) is 3.77. The number of aliphatic hydroxyl groups excluding tert-OH is 1. The van der Waals surface area contributed by atoms with Crippen molar-refractivity contribution in [1.82, 2.24) is 0 Å². The first kappa shape index (κ1) is 16.3. The van der Waals surface area contributed by atoms with E-state index in [4.69, 9.17) is 9.52 Å². The van der Waals surface area contributed by atoms with Crippen LogP contribution < -0.4 is 5.32 Å². The van der Waals surface area contributed by atoms with E-state index in [2.05, 4.69) is 11.4 Å². The number of benzene rings is 2. The van der Waals surface area contributed by atoms with Gasteiger partial charge < -0.3 is 14.8 Å². The zero-order valence-corrected chi connectivity index (χ0v) is 13.9. The summed E-state index contributed by atoms with van der Waals surface area (Å²) in [7, 11) is 0. The smallest absolute Gasteiger partial charge is 0.228 e. The Morgan fingerprint density at radius 2 is 1.88 bits per heavy atom. The van der Waals surface area contributed by atoms with Crippen LogP contribution in [0.3, 0.4) is 0 Å². The number of rotatable bonds is 5. The second-order valence-corrected chi connectivity index (χ2v) is 6.04. The van der Waals surface area contributed by atoms with Crippen LogP contribution in [0.25, 0.3) is 11.0 Å². The average molecular weight is 323 g/mol. The van der Waals surface area contributed by atoms with Gasteiger partial charge in [0.2, 0.25) is 5.91 Å². The largest absolute Gasteiger partial charge is 0.464 e. The van der Waals surface area contributed by atoms with Gasteiger partial charge in [-0.3, -0.25) is 4.79 Å². The van der Waals surface area contributed by atoms with Crippen LogP contribution in [0.4, 0.5) is 5.69 Å². The molecule has 0 aliphatic carbocycles. The first-order valence-corrected chi connectivity index (χ1v) is 8.04. The predicted molar refractivity (Wildman–Crippen MR) is 95.3 cm³/mol. The normalized spacial score (nSPS) is 11.0. The molecule has 3 aromatic rings. The highest BCUT2D eigenvalue weighted by Crippen LogP contribution is 2.27. The highest BCUT2D eigenvalue weighted by Gasteiger charge is 2.13. The van der Waals surface area contributed by atoms with Crippen LogP contribution in [0.15, 0.2) is 47.1 Å². The van der Waals surface area contributed by atoms with Crippen molar-refractivity contribution in [3.63, 3.8) is 0 Å². The molecule has 2 aromatic carbocycles. The maximum atomic E-state index is 12.3. The van der Waals surface area contributed by atoms with Crippen LogP contribution in [0, 0.1) is 13.8 Å². The van der Waals surface area contributed by atoms with Crippen molar-refractivity contribution in [2.75, 3.05) is 11.9 Å². The number of amides is 1. The molecule has 0 atom stereocenters. The first-order chi connectivity index (χ1) is 11.6. The number of aliphatic hydroxyl groups is 1. The minimum absolute atomic E-state index is 0.0779. The molecule has 0 aliphatic rings. The van der Waals surface area contributed by atoms with E-state index in [-0.39, 0.29) is 18.9 Å². The van der Waals surface area contributed by atoms with E-state index in [0.29, 0.717) is 6.42 Å². The number of anilines is 1. The highest BCUT2D eigenvalue weighted by molar-refractivity contribution is 5.95. The molecule has 124 valence electrons. The second-order valence-electron chi connectivity index (χ2n) is 6.04. The van der Waals surface area contributed by atoms with Crippen LogP contribution in [0.5, 0.6) is 0 Å². The molecule has 0 radical (unpaired) electrons. The summed E-state index contributed by atoms with van der Waals surface area (Å²) in [6.45, 7) is 4.20. The van der Waals surface area contributed by atoms with Crippen LogP contribution >= 0.6 is 0 Å². The van der Waals surface area contributed by atoms with E-state index >= 15 is 0 Å². The molecule has 0 saturated carbocycles. The third-order valence-corrected chi connectivity index (χ3v) is 4.33. The van der Waals surface area contributed by atoms with Gasteiger partial charge in [0.1, 0.15) is 5.58 Å². The molecule has 1 aromatic heterocycles. The molecule has 4 heteroatoms. The van der Waals surface area contributed by atoms with Crippen molar-refractivity contribution in [2.24, 2.45) is 0 Å². The van der Waals surface area contributed by atoms with Gasteiger partial charge in [-0.2, -0.15) is 0 Å². The summed E-state index contributed by atoms with van der Waals surface area (Å²) in [6, 6.07) is 11.6. The SMILES string of the molecule is Cc1ccc2c(CC(=O)Nc3ccc(CCO)cc3)coc2c1C. The maximum Gasteiger partial charge on any atom is 0.228 e. The molecule has 24 heavy (non-hydrogen) atoms. The maximum absolute atomic E-state index is 12.3. The minimum Gasteiger partial charge on any atom is -0.464 e. The zero-order valence-electron chi connectivity index (χ0n) is 13.9. The van der Waals surface area contributed by atoms with Crippen LogP contribution in [-0.4, -0.2) is 17.6 Å². The van der Waals surface area contributed by atoms with Gasteiger partial charge >= 0.3 is 0 Å². The quantitative estimate of drug-likeness (QED) is 0.751. The number of hydrogen-bond donors (Lipinski definition) is 2. The van der Waals surface area contributed by atoms with Gasteiger partial charge in [0.15, 0.2) is 0 Å². The molecule has 0 spiro atoms. The molecule has 0 bridgehead atoms. The molecule has 0 aliphatic heterocycles. The van der Waals surface area contributed by atoms with Crippen molar-refractivity contribution >= 4 is 22.6 Å². The molecular weight excluding hydrogens is 302 g/mol. The summed E-state index contributed by atoms with van der Waals surface area (Å²) in [5, 5.41) is 12.8. The first-order valence-electron chi connectivity index (χ1n) is 8.04. The van der Waals surface area contributed by atoms with E-state index in [1.54, 1.807) is 6.26 Å². The van der Waals surface area contributed by atoms with E-state index < -0.39 is 0 Å². The number of carbonyl (C=O) groups excluding carboxylic acids is 1.